The Bertz CT molecular complexity index is 839. The molecule has 8 heteroatoms. The van der Waals surface area contributed by atoms with Crippen LogP contribution in [0.2, 0.25) is 0 Å². The zero-order valence-corrected chi connectivity index (χ0v) is 11.1. The van der Waals surface area contributed by atoms with Crippen LogP contribution in [0.25, 0.3) is 11.0 Å². The van der Waals surface area contributed by atoms with Crippen LogP contribution in [0.5, 0.6) is 0 Å². The van der Waals surface area contributed by atoms with Crippen molar-refractivity contribution in [1.29, 1.82) is 0 Å². The number of pyridine rings is 1. The molecule has 3 rings (SSSR count). The van der Waals surface area contributed by atoms with Gasteiger partial charge < -0.3 is 10.7 Å². The van der Waals surface area contributed by atoms with Gasteiger partial charge in [-0.2, -0.15) is 0 Å². The predicted octanol–water partition coefficient (Wildman–Crippen LogP) is 1.34. The second kappa shape index (κ2) is 4.49. The summed E-state index contributed by atoms with van der Waals surface area (Å²) in [7, 11) is -3.82. The molecule has 0 bridgehead atoms. The number of hydrogen-bond donors (Lipinski definition) is 3. The lowest BCUT2D eigenvalue weighted by Gasteiger charge is -2.06. The third-order valence-electron chi connectivity index (χ3n) is 2.73. The van der Waals surface area contributed by atoms with Crippen LogP contribution < -0.4 is 10.5 Å². The first-order valence-corrected chi connectivity index (χ1v) is 7.22. The van der Waals surface area contributed by atoms with Gasteiger partial charge in [0, 0.05) is 12.4 Å². The van der Waals surface area contributed by atoms with Gasteiger partial charge in [0.2, 0.25) is 5.95 Å². The Hall–Kier alpha value is -2.61. The number of fused-ring (bicyclic) bond motifs is 1. The van der Waals surface area contributed by atoms with Gasteiger partial charge in [-0.05, 0) is 18.2 Å². The highest BCUT2D eigenvalue weighted by atomic mass is 32.2. The van der Waals surface area contributed by atoms with E-state index in [4.69, 9.17) is 5.73 Å². The molecule has 0 aliphatic carbocycles. The van der Waals surface area contributed by atoms with Crippen LogP contribution in [-0.4, -0.2) is 23.4 Å². The number of nitrogens with one attached hydrogen (secondary N) is 2. The Labute approximate surface area is 114 Å². The van der Waals surface area contributed by atoms with E-state index in [2.05, 4.69) is 19.7 Å². The molecule has 4 N–H and O–H groups in total. The zero-order chi connectivity index (χ0) is 14.2. The number of aromatic amines is 1. The third kappa shape index (κ3) is 2.16. The highest BCUT2D eigenvalue weighted by Crippen LogP contribution is 2.20. The first kappa shape index (κ1) is 12.4. The van der Waals surface area contributed by atoms with Crippen LogP contribution in [-0.2, 0) is 10.0 Å². The molecule has 0 atom stereocenters. The number of nitrogens with zero attached hydrogens (tertiary/aromatic N) is 2. The van der Waals surface area contributed by atoms with E-state index in [-0.39, 0.29) is 16.5 Å². The lowest BCUT2D eigenvalue weighted by Crippen LogP contribution is -2.15. The van der Waals surface area contributed by atoms with Gasteiger partial charge in [-0.15, -0.1) is 0 Å². The summed E-state index contributed by atoms with van der Waals surface area (Å²) in [6.07, 6.45) is 2.62. The molecule has 7 nitrogen and oxygen atoms in total. The van der Waals surface area contributed by atoms with Gasteiger partial charge in [-0.25, -0.2) is 18.1 Å². The third-order valence-corrected chi connectivity index (χ3v) is 4.11. The fraction of sp³-hybridized carbons (Fsp3) is 0. The van der Waals surface area contributed by atoms with Crippen LogP contribution >= 0.6 is 0 Å². The molecule has 3 aromatic rings. The number of para-hydroxylation sites is 2. The van der Waals surface area contributed by atoms with Crippen molar-refractivity contribution in [2.75, 3.05) is 10.5 Å². The van der Waals surface area contributed by atoms with E-state index in [1.54, 1.807) is 12.1 Å². The molecule has 2 aromatic heterocycles. The molecule has 0 radical (unpaired) electrons. The van der Waals surface area contributed by atoms with Gasteiger partial charge in [-0.3, -0.25) is 4.98 Å². The van der Waals surface area contributed by atoms with Gasteiger partial charge in [0.25, 0.3) is 10.0 Å². The lowest BCUT2D eigenvalue weighted by molar-refractivity contribution is 0.601. The van der Waals surface area contributed by atoms with Crippen LogP contribution in [0.15, 0.2) is 47.6 Å². The monoisotopic (exact) mass is 289 g/mol. The van der Waals surface area contributed by atoms with Crippen molar-refractivity contribution in [2.24, 2.45) is 0 Å². The number of rotatable bonds is 3. The van der Waals surface area contributed by atoms with E-state index >= 15 is 0 Å². The summed E-state index contributed by atoms with van der Waals surface area (Å²) in [5, 5.41) is 0. The molecule has 0 aliphatic rings. The summed E-state index contributed by atoms with van der Waals surface area (Å²) in [6.45, 7) is 0. The molecule has 0 unspecified atom stereocenters. The molecule has 20 heavy (non-hydrogen) atoms. The largest absolute Gasteiger partial charge is 0.398 e. The number of imidazole rings is 1. The average Bonchev–Trinajstić information content (AvgIpc) is 2.80. The minimum absolute atomic E-state index is 0.0829. The summed E-state index contributed by atoms with van der Waals surface area (Å²) >= 11 is 0. The van der Waals surface area contributed by atoms with E-state index in [0.717, 1.165) is 5.52 Å². The van der Waals surface area contributed by atoms with Crippen LogP contribution in [0.1, 0.15) is 0 Å². The van der Waals surface area contributed by atoms with Crippen LogP contribution in [0.4, 0.5) is 11.6 Å². The van der Waals surface area contributed by atoms with Crippen molar-refractivity contribution in [2.45, 2.75) is 4.90 Å². The van der Waals surface area contributed by atoms with Gasteiger partial charge in [0.15, 0.2) is 0 Å². The molecule has 1 aromatic carbocycles. The highest BCUT2D eigenvalue weighted by Gasteiger charge is 2.19. The predicted molar refractivity (Wildman–Crippen MR) is 75.6 cm³/mol. The topological polar surface area (TPSA) is 114 Å². The van der Waals surface area contributed by atoms with Crippen molar-refractivity contribution in [1.82, 2.24) is 15.0 Å². The highest BCUT2D eigenvalue weighted by molar-refractivity contribution is 7.92. The van der Waals surface area contributed by atoms with E-state index in [1.165, 1.54) is 18.5 Å². The average molecular weight is 289 g/mol. The van der Waals surface area contributed by atoms with Gasteiger partial charge in [-0.1, -0.05) is 12.1 Å². The molecule has 0 aliphatic heterocycles. The number of benzene rings is 1. The molecule has 0 fully saturated rings. The minimum atomic E-state index is -3.82. The van der Waals surface area contributed by atoms with Crippen molar-refractivity contribution in [3.8, 4) is 0 Å². The molecular weight excluding hydrogens is 278 g/mol. The summed E-state index contributed by atoms with van der Waals surface area (Å²) in [5.74, 6) is 0.134. The second-order valence-corrected chi connectivity index (χ2v) is 5.77. The standard InChI is InChI=1S/C12H11N5O2S/c13-8-5-6-14-7-11(8)20(18,19)17-12-15-9-3-1-2-4-10(9)16-12/h1-7H,(H2,13,14)(H2,15,16,17). The maximum Gasteiger partial charge on any atom is 0.267 e. The van der Waals surface area contributed by atoms with Crippen molar-refractivity contribution in [3.63, 3.8) is 0 Å². The minimum Gasteiger partial charge on any atom is -0.398 e. The van der Waals surface area contributed by atoms with Crippen LogP contribution in [0.3, 0.4) is 0 Å². The Morgan fingerprint density at radius 2 is 2.00 bits per heavy atom. The second-order valence-electron chi connectivity index (χ2n) is 4.12. The summed E-state index contributed by atoms with van der Waals surface area (Å²) in [6, 6.07) is 8.66. The molecule has 0 amide bonds. The van der Waals surface area contributed by atoms with Gasteiger partial charge >= 0.3 is 0 Å². The Balaban J connectivity index is 1.99. The molecular formula is C12H11N5O2S. The number of sulfonamides is 1. The number of aromatic nitrogens is 3. The number of H-pyrrole nitrogens is 1. The lowest BCUT2D eigenvalue weighted by atomic mass is 10.3. The number of anilines is 2. The first-order chi connectivity index (χ1) is 9.56. The van der Waals surface area contributed by atoms with Crippen molar-refractivity contribution < 1.29 is 8.42 Å². The molecule has 0 saturated heterocycles. The quantitative estimate of drug-likeness (QED) is 0.673. The fourth-order valence-corrected chi connectivity index (χ4v) is 2.84. The SMILES string of the molecule is Nc1ccncc1S(=O)(=O)Nc1nc2ccccc2[nH]1. The molecule has 0 spiro atoms. The van der Waals surface area contributed by atoms with E-state index in [1.807, 2.05) is 12.1 Å². The van der Waals surface area contributed by atoms with Crippen molar-refractivity contribution in [3.05, 3.63) is 42.7 Å². The summed E-state index contributed by atoms with van der Waals surface area (Å²) < 4.78 is 26.8. The molecule has 2 heterocycles. The van der Waals surface area contributed by atoms with E-state index in [9.17, 15) is 8.42 Å². The van der Waals surface area contributed by atoms with Crippen molar-refractivity contribution >= 4 is 32.7 Å². The van der Waals surface area contributed by atoms with E-state index < -0.39 is 10.0 Å². The Morgan fingerprint density at radius 3 is 2.75 bits per heavy atom. The zero-order valence-electron chi connectivity index (χ0n) is 10.2. The van der Waals surface area contributed by atoms with Gasteiger partial charge in [0.1, 0.15) is 4.90 Å². The Morgan fingerprint density at radius 1 is 1.20 bits per heavy atom. The normalized spacial score (nSPS) is 11.6. The fourth-order valence-electron chi connectivity index (χ4n) is 1.80. The number of nitrogens with two attached hydrogens (primary N) is 1. The molecule has 0 saturated carbocycles. The smallest absolute Gasteiger partial charge is 0.267 e. The molecule has 102 valence electrons. The summed E-state index contributed by atoms with van der Waals surface area (Å²) in [5.41, 5.74) is 7.18. The maximum atomic E-state index is 12.2. The summed E-state index contributed by atoms with van der Waals surface area (Å²) in [4.78, 5) is 10.7. The Kier molecular flexibility index (Phi) is 2.79. The van der Waals surface area contributed by atoms with E-state index in [0.29, 0.717) is 5.52 Å². The maximum absolute atomic E-state index is 12.2. The first-order valence-electron chi connectivity index (χ1n) is 5.73. The number of hydrogen-bond acceptors (Lipinski definition) is 5. The number of nitrogen functional groups attached to an aromatic ring is 1. The van der Waals surface area contributed by atoms with Crippen LogP contribution in [0, 0.1) is 0 Å². The van der Waals surface area contributed by atoms with Gasteiger partial charge in [0.05, 0.1) is 16.7 Å².